The van der Waals surface area contributed by atoms with Crippen molar-refractivity contribution < 1.29 is 24.3 Å². The second-order valence-corrected chi connectivity index (χ2v) is 3.56. The highest BCUT2D eigenvalue weighted by molar-refractivity contribution is 5.87. The Labute approximate surface area is 107 Å². The van der Waals surface area contributed by atoms with Crippen LogP contribution in [0.2, 0.25) is 0 Å². The van der Waals surface area contributed by atoms with Gasteiger partial charge in [0, 0.05) is 12.1 Å². The number of aromatic nitrogens is 1. The van der Waals surface area contributed by atoms with Gasteiger partial charge in [0.2, 0.25) is 0 Å². The predicted molar refractivity (Wildman–Crippen MR) is 61.8 cm³/mol. The van der Waals surface area contributed by atoms with Crippen LogP contribution >= 0.6 is 0 Å². The summed E-state index contributed by atoms with van der Waals surface area (Å²) in [4.78, 5) is 10.7. The van der Waals surface area contributed by atoms with Gasteiger partial charge in [-0.25, -0.2) is 4.79 Å². The molecule has 1 aromatic heterocycles. The van der Waals surface area contributed by atoms with Crippen molar-refractivity contribution in [3.8, 4) is 28.9 Å². The Bertz CT molecular complexity index is 684. The number of carboxylic acids is 1. The second-order valence-electron chi connectivity index (χ2n) is 3.56. The van der Waals surface area contributed by atoms with Gasteiger partial charge in [-0.3, -0.25) is 0 Å². The van der Waals surface area contributed by atoms with Crippen molar-refractivity contribution in [3.63, 3.8) is 0 Å². The van der Waals surface area contributed by atoms with Gasteiger partial charge in [0.25, 0.3) is 0 Å². The first-order chi connectivity index (χ1) is 9.06. The summed E-state index contributed by atoms with van der Waals surface area (Å²) in [5.41, 5.74) is 0.0876. The fourth-order valence-electron chi connectivity index (χ4n) is 1.52. The van der Waals surface area contributed by atoms with E-state index in [0.29, 0.717) is 5.56 Å². The van der Waals surface area contributed by atoms with Gasteiger partial charge in [-0.2, -0.15) is 5.26 Å². The van der Waals surface area contributed by atoms with Gasteiger partial charge in [-0.05, 0) is 6.07 Å². The summed E-state index contributed by atoms with van der Waals surface area (Å²) in [6.45, 7) is 0. The Balaban J connectivity index is 2.59. The Morgan fingerprint density at radius 1 is 1.47 bits per heavy atom. The summed E-state index contributed by atoms with van der Waals surface area (Å²) in [6.07, 6.45) is 0. The van der Waals surface area contributed by atoms with E-state index in [2.05, 4.69) is 5.16 Å². The molecule has 0 saturated carbocycles. The molecule has 0 fully saturated rings. The molecule has 2 N–H and O–H groups in total. The van der Waals surface area contributed by atoms with Gasteiger partial charge in [0.15, 0.2) is 11.5 Å². The van der Waals surface area contributed by atoms with Gasteiger partial charge in [-0.15, -0.1) is 0 Å². The maximum Gasteiger partial charge on any atom is 0.358 e. The monoisotopic (exact) mass is 260 g/mol. The molecule has 96 valence electrons. The molecule has 0 unspecified atom stereocenters. The summed E-state index contributed by atoms with van der Waals surface area (Å²) in [6, 6.07) is 5.59. The van der Waals surface area contributed by atoms with Gasteiger partial charge in [0.05, 0.1) is 18.2 Å². The molecule has 0 aliphatic rings. The average molecular weight is 260 g/mol. The summed E-state index contributed by atoms with van der Waals surface area (Å²) < 4.78 is 9.94. The highest BCUT2D eigenvalue weighted by atomic mass is 16.5. The molecule has 0 aliphatic heterocycles. The number of methoxy groups -OCH3 is 1. The SMILES string of the molecule is COc1cc(O)c(C#N)cc1-c1cc(C(=O)O)no1. The number of hydrogen-bond acceptors (Lipinski definition) is 6. The van der Waals surface area contributed by atoms with Gasteiger partial charge in [0.1, 0.15) is 17.6 Å². The predicted octanol–water partition coefficient (Wildman–Crippen LogP) is 1.63. The van der Waals surface area contributed by atoms with E-state index < -0.39 is 5.97 Å². The zero-order valence-corrected chi connectivity index (χ0v) is 9.75. The van der Waals surface area contributed by atoms with Crippen LogP contribution in [0, 0.1) is 11.3 Å². The fraction of sp³-hybridized carbons (Fsp3) is 0.0833. The summed E-state index contributed by atoms with van der Waals surface area (Å²) in [5, 5.41) is 30.5. The van der Waals surface area contributed by atoms with Crippen LogP contribution in [0.1, 0.15) is 16.1 Å². The number of aromatic hydroxyl groups is 1. The summed E-state index contributed by atoms with van der Waals surface area (Å²) in [7, 11) is 1.37. The Kier molecular flexibility index (Phi) is 3.08. The van der Waals surface area contributed by atoms with E-state index >= 15 is 0 Å². The lowest BCUT2D eigenvalue weighted by molar-refractivity contribution is 0.0686. The van der Waals surface area contributed by atoms with Crippen molar-refractivity contribution in [3.05, 3.63) is 29.5 Å². The normalized spacial score (nSPS) is 9.89. The summed E-state index contributed by atoms with van der Waals surface area (Å²) >= 11 is 0. The molecule has 19 heavy (non-hydrogen) atoms. The highest BCUT2D eigenvalue weighted by Gasteiger charge is 2.18. The smallest absolute Gasteiger partial charge is 0.358 e. The van der Waals surface area contributed by atoms with Crippen molar-refractivity contribution in [2.45, 2.75) is 0 Å². The molecule has 1 aromatic carbocycles. The molecule has 0 aliphatic carbocycles. The van der Waals surface area contributed by atoms with Crippen LogP contribution in [0.3, 0.4) is 0 Å². The molecule has 0 spiro atoms. The average Bonchev–Trinajstić information content (AvgIpc) is 2.88. The lowest BCUT2D eigenvalue weighted by Crippen LogP contribution is -1.94. The number of phenolic OH excluding ortho intramolecular Hbond substituents is 1. The third kappa shape index (κ3) is 2.19. The van der Waals surface area contributed by atoms with Crippen molar-refractivity contribution >= 4 is 5.97 Å². The number of aromatic carboxylic acids is 1. The molecule has 2 rings (SSSR count). The Morgan fingerprint density at radius 2 is 2.21 bits per heavy atom. The molecule has 1 heterocycles. The minimum Gasteiger partial charge on any atom is -0.506 e. The van der Waals surface area contributed by atoms with Gasteiger partial charge in [-0.1, -0.05) is 5.16 Å². The van der Waals surface area contributed by atoms with Crippen molar-refractivity contribution in [1.29, 1.82) is 5.26 Å². The van der Waals surface area contributed by atoms with Crippen LogP contribution in [0.15, 0.2) is 22.7 Å². The number of ether oxygens (including phenoxy) is 1. The Morgan fingerprint density at radius 3 is 2.74 bits per heavy atom. The number of nitriles is 1. The summed E-state index contributed by atoms with van der Waals surface area (Å²) in [5.74, 6) is -1.09. The van der Waals surface area contributed by atoms with Crippen LogP contribution < -0.4 is 4.74 Å². The second kappa shape index (κ2) is 4.70. The first kappa shape index (κ1) is 12.4. The van der Waals surface area contributed by atoms with Crippen LogP contribution in [0.25, 0.3) is 11.3 Å². The first-order valence-electron chi connectivity index (χ1n) is 5.08. The quantitative estimate of drug-likeness (QED) is 0.861. The van der Waals surface area contributed by atoms with Crippen LogP contribution in [0.4, 0.5) is 0 Å². The number of carbonyl (C=O) groups is 1. The van der Waals surface area contributed by atoms with Crippen LogP contribution in [-0.4, -0.2) is 28.4 Å². The number of hydrogen-bond donors (Lipinski definition) is 2. The fourth-order valence-corrected chi connectivity index (χ4v) is 1.52. The van der Waals surface area contributed by atoms with Gasteiger partial charge >= 0.3 is 5.97 Å². The van der Waals surface area contributed by atoms with E-state index in [9.17, 15) is 9.90 Å². The van der Waals surface area contributed by atoms with Crippen LogP contribution in [0.5, 0.6) is 11.5 Å². The van der Waals surface area contributed by atoms with E-state index in [1.165, 1.54) is 25.3 Å². The molecule has 0 saturated heterocycles. The topological polar surface area (TPSA) is 117 Å². The number of nitrogens with zero attached hydrogens (tertiary/aromatic N) is 2. The first-order valence-corrected chi connectivity index (χ1v) is 5.08. The Hall–Kier alpha value is -3.01. The molecule has 7 nitrogen and oxygen atoms in total. The van der Waals surface area contributed by atoms with E-state index in [0.717, 1.165) is 0 Å². The minimum atomic E-state index is -1.23. The van der Waals surface area contributed by atoms with E-state index in [1.54, 1.807) is 6.07 Å². The number of phenols is 1. The molecule has 0 bridgehead atoms. The maximum absolute atomic E-state index is 10.7. The molecular formula is C12H8N2O5. The number of benzene rings is 1. The molecule has 2 aromatic rings. The molecule has 7 heteroatoms. The molecule has 0 radical (unpaired) electrons. The standard InChI is InChI=1S/C12H8N2O5/c1-18-10-4-9(15)6(5-13)2-7(10)11-3-8(12(16)17)14-19-11/h2-4,15H,1H3,(H,16,17). The van der Waals surface area contributed by atoms with Crippen molar-refractivity contribution in [2.24, 2.45) is 0 Å². The lowest BCUT2D eigenvalue weighted by Gasteiger charge is -2.07. The third-order valence-corrected chi connectivity index (χ3v) is 2.43. The van der Waals surface area contributed by atoms with Crippen LogP contribution in [-0.2, 0) is 0 Å². The third-order valence-electron chi connectivity index (χ3n) is 2.43. The number of carboxylic acid groups (broad SMARTS) is 1. The minimum absolute atomic E-state index is 0.0177. The lowest BCUT2D eigenvalue weighted by atomic mass is 10.1. The van der Waals surface area contributed by atoms with Gasteiger partial charge < -0.3 is 19.5 Å². The molecule has 0 atom stereocenters. The van der Waals surface area contributed by atoms with E-state index in [4.69, 9.17) is 19.6 Å². The zero-order chi connectivity index (χ0) is 14.0. The molecule has 0 amide bonds. The van der Waals surface area contributed by atoms with E-state index in [-0.39, 0.29) is 28.5 Å². The largest absolute Gasteiger partial charge is 0.506 e. The van der Waals surface area contributed by atoms with Crippen molar-refractivity contribution in [2.75, 3.05) is 7.11 Å². The highest BCUT2D eigenvalue weighted by Crippen LogP contribution is 2.35. The molecular weight excluding hydrogens is 252 g/mol. The van der Waals surface area contributed by atoms with E-state index in [1.807, 2.05) is 0 Å². The number of rotatable bonds is 3. The zero-order valence-electron chi connectivity index (χ0n) is 9.75. The maximum atomic E-state index is 10.7. The van der Waals surface area contributed by atoms with Crippen molar-refractivity contribution in [1.82, 2.24) is 5.16 Å².